The van der Waals surface area contributed by atoms with Crippen molar-refractivity contribution in [2.75, 3.05) is 5.32 Å². The van der Waals surface area contributed by atoms with Crippen LogP contribution in [0, 0.1) is 0 Å². The van der Waals surface area contributed by atoms with Gasteiger partial charge in [-0.25, -0.2) is 9.97 Å². The van der Waals surface area contributed by atoms with Crippen LogP contribution < -0.4 is 5.32 Å². The van der Waals surface area contributed by atoms with E-state index in [9.17, 15) is 4.79 Å². The predicted octanol–water partition coefficient (Wildman–Crippen LogP) is 3.20. The first-order valence-electron chi connectivity index (χ1n) is 6.36. The molecule has 0 radical (unpaired) electrons. The fraction of sp³-hybridized carbons (Fsp3) is 0. The lowest BCUT2D eigenvalue weighted by molar-refractivity contribution is 0.102. The van der Waals surface area contributed by atoms with Crippen molar-refractivity contribution in [2.24, 2.45) is 0 Å². The van der Waals surface area contributed by atoms with Crippen molar-refractivity contribution < 1.29 is 4.79 Å². The molecule has 4 rings (SSSR count). The van der Waals surface area contributed by atoms with Crippen LogP contribution in [0.25, 0.3) is 15.7 Å². The number of pyridine rings is 1. The van der Waals surface area contributed by atoms with Crippen molar-refractivity contribution >= 4 is 38.7 Å². The number of hydrogen-bond donors (Lipinski definition) is 1. The maximum Gasteiger partial charge on any atom is 0.255 e. The second-order valence-corrected chi connectivity index (χ2v) is 5.52. The first-order chi connectivity index (χ1) is 10.3. The number of aromatic nitrogens is 3. The van der Waals surface area contributed by atoms with Gasteiger partial charge in [-0.15, -0.1) is 11.3 Å². The van der Waals surface area contributed by atoms with E-state index in [1.165, 1.54) is 0 Å². The quantitative estimate of drug-likeness (QED) is 0.617. The number of imidazole rings is 1. The highest BCUT2D eigenvalue weighted by molar-refractivity contribution is 7.16. The Bertz CT molecular complexity index is 956. The number of benzene rings is 1. The summed E-state index contributed by atoms with van der Waals surface area (Å²) >= 11 is 1.55. The molecule has 0 atom stereocenters. The zero-order chi connectivity index (χ0) is 14.2. The van der Waals surface area contributed by atoms with E-state index in [1.54, 1.807) is 35.4 Å². The molecule has 0 saturated heterocycles. The van der Waals surface area contributed by atoms with E-state index in [0.717, 1.165) is 21.4 Å². The third-order valence-corrected chi connectivity index (χ3v) is 4.06. The normalized spacial score (nSPS) is 11.0. The average molecular weight is 294 g/mol. The topological polar surface area (TPSA) is 59.3 Å². The Morgan fingerprint density at radius 3 is 3.14 bits per heavy atom. The van der Waals surface area contributed by atoms with Gasteiger partial charge in [0.2, 0.25) is 0 Å². The number of nitrogens with zero attached hydrogens (tertiary/aromatic N) is 3. The monoisotopic (exact) mass is 294 g/mol. The summed E-state index contributed by atoms with van der Waals surface area (Å²) in [4.78, 5) is 20.6. The Kier molecular flexibility index (Phi) is 2.68. The Labute approximate surface area is 123 Å². The fourth-order valence-electron chi connectivity index (χ4n) is 2.20. The standard InChI is InChI=1S/C15H10N4OS/c20-15(10-3-4-19-8-16-7-12(19)5-10)18-11-1-2-13-14(6-11)21-9-17-13/h1-9H,(H,18,20). The molecule has 4 aromatic rings. The molecule has 0 aliphatic rings. The van der Waals surface area contributed by atoms with E-state index in [-0.39, 0.29) is 5.91 Å². The lowest BCUT2D eigenvalue weighted by Gasteiger charge is -2.05. The molecule has 0 saturated carbocycles. The lowest BCUT2D eigenvalue weighted by Crippen LogP contribution is -2.11. The van der Waals surface area contributed by atoms with Gasteiger partial charge in [-0.05, 0) is 30.3 Å². The number of anilines is 1. The Balaban J connectivity index is 1.64. The summed E-state index contributed by atoms with van der Waals surface area (Å²) in [6.45, 7) is 0. The average Bonchev–Trinajstić information content (AvgIpc) is 3.14. The van der Waals surface area contributed by atoms with Crippen LogP contribution in [0.1, 0.15) is 10.4 Å². The number of carbonyl (C=O) groups excluding carboxylic acids is 1. The second-order valence-electron chi connectivity index (χ2n) is 4.63. The van der Waals surface area contributed by atoms with Crippen molar-refractivity contribution in [2.45, 2.75) is 0 Å². The molecule has 6 heteroatoms. The maximum absolute atomic E-state index is 12.3. The number of rotatable bonds is 2. The zero-order valence-corrected chi connectivity index (χ0v) is 11.7. The van der Waals surface area contributed by atoms with Crippen LogP contribution in [0.4, 0.5) is 5.69 Å². The molecule has 3 heterocycles. The molecule has 1 N–H and O–H groups in total. The van der Waals surface area contributed by atoms with Crippen LogP contribution in [-0.2, 0) is 0 Å². The van der Waals surface area contributed by atoms with E-state index >= 15 is 0 Å². The third kappa shape index (κ3) is 2.15. The first-order valence-corrected chi connectivity index (χ1v) is 7.24. The highest BCUT2D eigenvalue weighted by Gasteiger charge is 2.08. The van der Waals surface area contributed by atoms with Gasteiger partial charge < -0.3 is 9.72 Å². The summed E-state index contributed by atoms with van der Waals surface area (Å²) in [6.07, 6.45) is 5.25. The van der Waals surface area contributed by atoms with Crippen molar-refractivity contribution in [1.82, 2.24) is 14.4 Å². The van der Waals surface area contributed by atoms with Crippen molar-refractivity contribution in [1.29, 1.82) is 0 Å². The van der Waals surface area contributed by atoms with E-state index < -0.39 is 0 Å². The fourth-order valence-corrected chi connectivity index (χ4v) is 2.91. The summed E-state index contributed by atoms with van der Waals surface area (Å²) in [5.74, 6) is -0.137. The molecule has 0 fully saturated rings. The van der Waals surface area contributed by atoms with Crippen molar-refractivity contribution in [3.63, 3.8) is 0 Å². The Hall–Kier alpha value is -2.73. The molecular formula is C15H10N4OS. The lowest BCUT2D eigenvalue weighted by atomic mass is 10.2. The molecule has 3 aromatic heterocycles. The summed E-state index contributed by atoms with van der Waals surface area (Å²) in [6, 6.07) is 9.28. The molecule has 102 valence electrons. The summed E-state index contributed by atoms with van der Waals surface area (Å²) in [5, 5.41) is 2.91. The van der Waals surface area contributed by atoms with Gasteiger partial charge in [0.15, 0.2) is 0 Å². The third-order valence-electron chi connectivity index (χ3n) is 3.27. The number of fused-ring (bicyclic) bond motifs is 2. The van der Waals surface area contributed by atoms with Crippen molar-refractivity contribution in [3.05, 3.63) is 60.1 Å². The molecule has 0 spiro atoms. The summed E-state index contributed by atoms with van der Waals surface area (Å²) in [5.41, 5.74) is 5.00. The predicted molar refractivity (Wildman–Crippen MR) is 82.8 cm³/mol. The van der Waals surface area contributed by atoms with Gasteiger partial charge in [0.25, 0.3) is 5.91 Å². The van der Waals surface area contributed by atoms with Crippen LogP contribution in [0.15, 0.2) is 54.6 Å². The van der Waals surface area contributed by atoms with Crippen LogP contribution >= 0.6 is 11.3 Å². The number of carbonyl (C=O) groups is 1. The molecule has 21 heavy (non-hydrogen) atoms. The maximum atomic E-state index is 12.3. The van der Waals surface area contributed by atoms with Crippen molar-refractivity contribution in [3.8, 4) is 0 Å². The van der Waals surface area contributed by atoms with E-state index in [1.807, 2.05) is 34.9 Å². The smallest absolute Gasteiger partial charge is 0.255 e. The molecule has 1 aromatic carbocycles. The highest BCUT2D eigenvalue weighted by Crippen LogP contribution is 2.22. The van der Waals surface area contributed by atoms with Crippen LogP contribution in [0.2, 0.25) is 0 Å². The zero-order valence-electron chi connectivity index (χ0n) is 10.9. The minimum absolute atomic E-state index is 0.137. The number of hydrogen-bond acceptors (Lipinski definition) is 4. The first kappa shape index (κ1) is 12.0. The largest absolute Gasteiger partial charge is 0.322 e. The Morgan fingerprint density at radius 2 is 2.19 bits per heavy atom. The molecule has 0 aliphatic carbocycles. The molecule has 5 nitrogen and oxygen atoms in total. The number of nitrogens with one attached hydrogen (secondary N) is 1. The van der Waals surface area contributed by atoms with Gasteiger partial charge in [0.05, 0.1) is 33.8 Å². The molecular weight excluding hydrogens is 284 g/mol. The highest BCUT2D eigenvalue weighted by atomic mass is 32.1. The summed E-state index contributed by atoms with van der Waals surface area (Å²) in [7, 11) is 0. The molecule has 0 aliphatic heterocycles. The van der Waals surface area contributed by atoms with E-state index in [4.69, 9.17) is 0 Å². The van der Waals surface area contributed by atoms with Gasteiger partial charge in [-0.3, -0.25) is 4.79 Å². The van der Waals surface area contributed by atoms with Gasteiger partial charge in [-0.2, -0.15) is 0 Å². The number of thiazole rings is 1. The molecule has 1 amide bonds. The van der Waals surface area contributed by atoms with E-state index in [0.29, 0.717) is 5.56 Å². The van der Waals surface area contributed by atoms with Crippen LogP contribution in [0.5, 0.6) is 0 Å². The van der Waals surface area contributed by atoms with Crippen LogP contribution in [-0.4, -0.2) is 20.3 Å². The molecule has 0 bridgehead atoms. The summed E-state index contributed by atoms with van der Waals surface area (Å²) < 4.78 is 2.92. The van der Waals surface area contributed by atoms with Gasteiger partial charge in [0.1, 0.15) is 0 Å². The van der Waals surface area contributed by atoms with Gasteiger partial charge >= 0.3 is 0 Å². The second kappa shape index (κ2) is 4.68. The van der Waals surface area contributed by atoms with Gasteiger partial charge in [-0.1, -0.05) is 0 Å². The van der Waals surface area contributed by atoms with Crippen LogP contribution in [0.3, 0.4) is 0 Å². The number of amides is 1. The minimum Gasteiger partial charge on any atom is -0.322 e. The minimum atomic E-state index is -0.137. The molecule has 0 unspecified atom stereocenters. The SMILES string of the molecule is O=C(Nc1ccc2ncsc2c1)c1ccn2cncc2c1. The van der Waals surface area contributed by atoms with Gasteiger partial charge in [0, 0.05) is 17.4 Å². The Morgan fingerprint density at radius 1 is 1.24 bits per heavy atom. The van der Waals surface area contributed by atoms with E-state index in [2.05, 4.69) is 15.3 Å².